The summed E-state index contributed by atoms with van der Waals surface area (Å²) in [5.74, 6) is 1.04. The predicted octanol–water partition coefficient (Wildman–Crippen LogP) is 2.51. The summed E-state index contributed by atoms with van der Waals surface area (Å²) < 4.78 is 10.5. The normalized spacial score (nSPS) is 10.1. The molecule has 1 aromatic carbocycles. The van der Waals surface area contributed by atoms with Crippen LogP contribution in [0, 0.1) is 0 Å². The molecule has 1 aromatic heterocycles. The number of hydrogen-bond acceptors (Lipinski definition) is 6. The van der Waals surface area contributed by atoms with Gasteiger partial charge in [-0.25, -0.2) is 4.79 Å². The lowest BCUT2D eigenvalue weighted by atomic mass is 10.3. The van der Waals surface area contributed by atoms with Crippen LogP contribution in [0.25, 0.3) is 0 Å². The lowest BCUT2D eigenvalue weighted by Gasteiger charge is -2.13. The van der Waals surface area contributed by atoms with Crippen LogP contribution in [0.5, 0.6) is 11.6 Å². The number of nitrogens with one attached hydrogen (secondary N) is 2. The lowest BCUT2D eigenvalue weighted by molar-refractivity contribution is 0.261. The summed E-state index contributed by atoms with van der Waals surface area (Å²) in [5.41, 5.74) is 5.88. The number of amides is 2. The number of hydrogen-bond donors (Lipinski definition) is 3. The first kappa shape index (κ1) is 17.8. The van der Waals surface area contributed by atoms with Crippen molar-refractivity contribution in [2.45, 2.75) is 6.42 Å². The first-order chi connectivity index (χ1) is 11.6. The van der Waals surface area contributed by atoms with Crippen molar-refractivity contribution in [1.29, 1.82) is 0 Å². The van der Waals surface area contributed by atoms with Crippen molar-refractivity contribution in [3.63, 3.8) is 0 Å². The second-order valence-corrected chi connectivity index (χ2v) is 5.09. The number of halogens is 1. The van der Waals surface area contributed by atoms with Crippen LogP contribution in [0.3, 0.4) is 0 Å². The molecule has 24 heavy (non-hydrogen) atoms. The molecule has 128 valence electrons. The Hall–Kier alpha value is -2.58. The number of benzene rings is 1. The van der Waals surface area contributed by atoms with Crippen molar-refractivity contribution in [3.05, 3.63) is 35.6 Å². The highest BCUT2D eigenvalue weighted by atomic mass is 35.5. The summed E-state index contributed by atoms with van der Waals surface area (Å²) in [5, 5.41) is 5.69. The van der Waals surface area contributed by atoms with Crippen LogP contribution in [0.2, 0.25) is 5.02 Å². The van der Waals surface area contributed by atoms with Crippen molar-refractivity contribution in [2.75, 3.05) is 30.9 Å². The number of nitrogens with zero attached hydrogens (tertiary/aromatic N) is 2. The number of aromatic nitrogens is 2. The number of urea groups is 1. The minimum absolute atomic E-state index is 0.250. The zero-order valence-electron chi connectivity index (χ0n) is 13.1. The van der Waals surface area contributed by atoms with Gasteiger partial charge in [-0.1, -0.05) is 11.6 Å². The molecule has 0 aliphatic carbocycles. The standard InChI is InChI=1S/C15H18ClN5O3/c1-23-14-9-18-8-13(20-14)21-15(22)19-11-7-10(16)3-4-12(11)24-6-2-5-17/h3-4,7-9H,2,5-6,17H2,1H3,(H2,19,20,21,22). The lowest BCUT2D eigenvalue weighted by Crippen LogP contribution is -2.21. The SMILES string of the molecule is COc1cncc(NC(=O)Nc2cc(Cl)ccc2OCCCN)n1. The Morgan fingerprint density at radius 3 is 2.92 bits per heavy atom. The molecule has 2 amide bonds. The van der Waals surface area contributed by atoms with Gasteiger partial charge in [0.15, 0.2) is 5.82 Å². The van der Waals surface area contributed by atoms with Gasteiger partial charge in [0.05, 0.1) is 31.8 Å². The second kappa shape index (κ2) is 8.90. The zero-order chi connectivity index (χ0) is 17.4. The van der Waals surface area contributed by atoms with E-state index < -0.39 is 6.03 Å². The van der Waals surface area contributed by atoms with Crippen LogP contribution in [0.15, 0.2) is 30.6 Å². The Labute approximate surface area is 144 Å². The Morgan fingerprint density at radius 2 is 2.17 bits per heavy atom. The third-order valence-corrected chi connectivity index (χ3v) is 3.09. The van der Waals surface area contributed by atoms with Crippen LogP contribution in [0.1, 0.15) is 6.42 Å². The quantitative estimate of drug-likeness (QED) is 0.661. The fourth-order valence-electron chi connectivity index (χ4n) is 1.77. The summed E-state index contributed by atoms with van der Waals surface area (Å²) in [7, 11) is 1.46. The number of ether oxygens (including phenoxy) is 2. The van der Waals surface area contributed by atoms with Crippen LogP contribution in [0.4, 0.5) is 16.3 Å². The maximum atomic E-state index is 12.1. The van der Waals surface area contributed by atoms with Crippen LogP contribution in [-0.4, -0.2) is 36.3 Å². The van der Waals surface area contributed by atoms with Crippen molar-refractivity contribution >= 4 is 29.1 Å². The Morgan fingerprint density at radius 1 is 1.33 bits per heavy atom. The second-order valence-electron chi connectivity index (χ2n) is 4.66. The van der Waals surface area contributed by atoms with Crippen molar-refractivity contribution in [1.82, 2.24) is 9.97 Å². The molecule has 0 bridgehead atoms. The number of rotatable bonds is 7. The van der Waals surface area contributed by atoms with Gasteiger partial charge in [0.2, 0.25) is 5.88 Å². The van der Waals surface area contributed by atoms with E-state index in [1.807, 2.05) is 0 Å². The first-order valence-corrected chi connectivity index (χ1v) is 7.56. The van der Waals surface area contributed by atoms with Crippen LogP contribution in [-0.2, 0) is 0 Å². The molecule has 0 fully saturated rings. The predicted molar refractivity (Wildman–Crippen MR) is 91.8 cm³/mol. The van der Waals surface area contributed by atoms with E-state index in [1.54, 1.807) is 18.2 Å². The van der Waals surface area contributed by atoms with Gasteiger partial charge in [0, 0.05) is 5.02 Å². The van der Waals surface area contributed by atoms with E-state index in [2.05, 4.69) is 20.6 Å². The highest BCUT2D eigenvalue weighted by Gasteiger charge is 2.10. The molecule has 1 heterocycles. The molecule has 8 nitrogen and oxygen atoms in total. The molecular formula is C15H18ClN5O3. The van der Waals surface area contributed by atoms with E-state index in [4.69, 9.17) is 26.8 Å². The summed E-state index contributed by atoms with van der Waals surface area (Å²) in [6.07, 6.45) is 3.54. The van der Waals surface area contributed by atoms with Gasteiger partial charge in [0.25, 0.3) is 0 Å². The molecular weight excluding hydrogens is 334 g/mol. The topological polar surface area (TPSA) is 111 Å². The fourth-order valence-corrected chi connectivity index (χ4v) is 1.94. The minimum Gasteiger partial charge on any atom is -0.491 e. The third kappa shape index (κ3) is 5.25. The van der Waals surface area contributed by atoms with Gasteiger partial charge < -0.3 is 20.5 Å². The average molecular weight is 352 g/mol. The van der Waals surface area contributed by atoms with Gasteiger partial charge in [-0.15, -0.1) is 0 Å². The molecule has 0 saturated heterocycles. The third-order valence-electron chi connectivity index (χ3n) is 2.86. The Balaban J connectivity index is 2.05. The Bertz CT molecular complexity index is 699. The van der Waals surface area contributed by atoms with E-state index in [9.17, 15) is 4.79 Å². The number of carbonyl (C=O) groups excluding carboxylic acids is 1. The maximum Gasteiger partial charge on any atom is 0.325 e. The molecule has 0 atom stereocenters. The summed E-state index contributed by atoms with van der Waals surface area (Å²) in [6.45, 7) is 0.959. The van der Waals surface area contributed by atoms with E-state index >= 15 is 0 Å². The monoisotopic (exact) mass is 351 g/mol. The van der Waals surface area contributed by atoms with Gasteiger partial charge in [0.1, 0.15) is 5.75 Å². The minimum atomic E-state index is -0.511. The fraction of sp³-hybridized carbons (Fsp3) is 0.267. The van der Waals surface area contributed by atoms with E-state index in [-0.39, 0.29) is 5.82 Å². The van der Waals surface area contributed by atoms with Gasteiger partial charge >= 0.3 is 6.03 Å². The zero-order valence-corrected chi connectivity index (χ0v) is 13.8. The highest BCUT2D eigenvalue weighted by Crippen LogP contribution is 2.28. The molecule has 0 radical (unpaired) electrons. The molecule has 0 unspecified atom stereocenters. The molecule has 2 rings (SSSR count). The maximum absolute atomic E-state index is 12.1. The molecule has 0 aliphatic heterocycles. The molecule has 0 spiro atoms. The van der Waals surface area contributed by atoms with E-state index in [0.717, 1.165) is 0 Å². The molecule has 2 aromatic rings. The van der Waals surface area contributed by atoms with Crippen LogP contribution >= 0.6 is 11.6 Å². The van der Waals surface area contributed by atoms with Gasteiger partial charge in [-0.3, -0.25) is 10.3 Å². The van der Waals surface area contributed by atoms with Gasteiger partial charge in [-0.05, 0) is 31.2 Å². The molecule has 0 aliphatic rings. The molecule has 9 heteroatoms. The summed E-state index contributed by atoms with van der Waals surface area (Å²) >= 11 is 5.98. The van der Waals surface area contributed by atoms with Crippen LogP contribution < -0.4 is 25.8 Å². The Kier molecular flexibility index (Phi) is 6.59. The van der Waals surface area contributed by atoms with Crippen molar-refractivity contribution in [3.8, 4) is 11.6 Å². The molecule has 0 saturated carbocycles. The molecule has 4 N–H and O–H groups in total. The van der Waals surface area contributed by atoms with E-state index in [1.165, 1.54) is 19.5 Å². The number of methoxy groups -OCH3 is 1. The number of carbonyl (C=O) groups is 1. The number of nitrogens with two attached hydrogens (primary N) is 1. The average Bonchev–Trinajstić information content (AvgIpc) is 2.57. The summed E-state index contributed by atoms with van der Waals surface area (Å²) in [6, 6.07) is 4.44. The largest absolute Gasteiger partial charge is 0.491 e. The van der Waals surface area contributed by atoms with E-state index in [0.29, 0.717) is 41.9 Å². The first-order valence-electron chi connectivity index (χ1n) is 7.19. The summed E-state index contributed by atoms with van der Waals surface area (Å²) in [4.78, 5) is 20.1. The van der Waals surface area contributed by atoms with Crippen molar-refractivity contribution in [2.24, 2.45) is 5.73 Å². The smallest absolute Gasteiger partial charge is 0.325 e. The van der Waals surface area contributed by atoms with Crippen molar-refractivity contribution < 1.29 is 14.3 Å². The highest BCUT2D eigenvalue weighted by molar-refractivity contribution is 6.31. The van der Waals surface area contributed by atoms with Gasteiger partial charge in [-0.2, -0.15) is 4.98 Å². The number of anilines is 2.